The second-order valence-electron chi connectivity index (χ2n) is 2.26. The van der Waals surface area contributed by atoms with Gasteiger partial charge in [0.25, 0.3) is 0 Å². The van der Waals surface area contributed by atoms with E-state index in [9.17, 15) is 0 Å². The van der Waals surface area contributed by atoms with Crippen molar-refractivity contribution in [2.75, 3.05) is 7.05 Å². The molecule has 0 fully saturated rings. The number of hydrogen-bond donors (Lipinski definition) is 1. The lowest BCUT2D eigenvalue weighted by molar-refractivity contribution is -0.750. The van der Waals surface area contributed by atoms with Crippen LogP contribution in [0, 0.1) is 0 Å². The molecule has 0 aromatic heterocycles. The molecule has 0 aliphatic carbocycles. The third kappa shape index (κ3) is 2.60. The molecule has 0 atom stereocenters. The molecule has 1 rings (SSSR count). The van der Waals surface area contributed by atoms with Crippen molar-refractivity contribution in [3.8, 4) is 0 Å². The van der Waals surface area contributed by atoms with E-state index in [1.165, 1.54) is 0 Å². The van der Waals surface area contributed by atoms with E-state index in [4.69, 9.17) is 16.8 Å². The van der Waals surface area contributed by atoms with Crippen LogP contribution in [-0.2, 0) is 0 Å². The maximum atomic E-state index is 8.83. The van der Waals surface area contributed by atoms with E-state index in [0.29, 0.717) is 5.02 Å². The van der Waals surface area contributed by atoms with Gasteiger partial charge in [-0.3, -0.25) is 5.21 Å². The molecular weight excluding hydrogens is 162 g/mol. The number of benzene rings is 1. The first-order valence-electron chi connectivity index (χ1n) is 3.20. The van der Waals surface area contributed by atoms with Crippen LogP contribution in [0.1, 0.15) is 5.56 Å². The van der Waals surface area contributed by atoms with Crippen LogP contribution in [0.25, 0.3) is 0 Å². The standard InChI is InChI=1S/C8H9ClNO/c1-10(11)6-7-3-2-4-8(9)5-7/h2-6,11H,1H3/q+1/b10-6-. The van der Waals surface area contributed by atoms with Gasteiger partial charge in [0.1, 0.15) is 0 Å². The summed E-state index contributed by atoms with van der Waals surface area (Å²) >= 11 is 5.71. The average molecular weight is 171 g/mol. The molecule has 0 saturated carbocycles. The van der Waals surface area contributed by atoms with Crippen LogP contribution in [0.2, 0.25) is 5.02 Å². The minimum Gasteiger partial charge on any atom is -0.291 e. The van der Waals surface area contributed by atoms with Gasteiger partial charge in [-0.25, -0.2) is 0 Å². The van der Waals surface area contributed by atoms with Crippen LogP contribution in [-0.4, -0.2) is 23.2 Å². The molecule has 0 saturated heterocycles. The van der Waals surface area contributed by atoms with E-state index in [1.807, 2.05) is 12.1 Å². The summed E-state index contributed by atoms with van der Waals surface area (Å²) in [5.74, 6) is 0. The zero-order chi connectivity index (χ0) is 8.27. The van der Waals surface area contributed by atoms with Gasteiger partial charge in [0.2, 0.25) is 6.21 Å². The molecule has 1 N–H and O–H groups in total. The number of halogens is 1. The van der Waals surface area contributed by atoms with E-state index in [1.54, 1.807) is 25.4 Å². The van der Waals surface area contributed by atoms with Gasteiger partial charge in [-0.15, -0.1) is 0 Å². The van der Waals surface area contributed by atoms with E-state index in [2.05, 4.69) is 0 Å². The molecule has 0 aliphatic rings. The normalized spacial score (nSPS) is 11.6. The third-order valence-corrected chi connectivity index (χ3v) is 1.42. The lowest BCUT2D eigenvalue weighted by atomic mass is 10.2. The first-order chi connectivity index (χ1) is 5.18. The third-order valence-electron chi connectivity index (χ3n) is 1.18. The Hall–Kier alpha value is -1.02. The maximum absolute atomic E-state index is 8.83. The van der Waals surface area contributed by atoms with Crippen LogP contribution < -0.4 is 0 Å². The first kappa shape index (κ1) is 8.08. The van der Waals surface area contributed by atoms with Crippen LogP contribution in [0.3, 0.4) is 0 Å². The van der Waals surface area contributed by atoms with E-state index < -0.39 is 0 Å². The Labute approximate surface area is 70.3 Å². The average Bonchev–Trinajstić information content (AvgIpc) is 1.85. The Morgan fingerprint density at radius 2 is 2.27 bits per heavy atom. The summed E-state index contributed by atoms with van der Waals surface area (Å²) in [7, 11) is 1.54. The van der Waals surface area contributed by atoms with Crippen molar-refractivity contribution in [2.24, 2.45) is 0 Å². The minimum absolute atomic E-state index is 0.667. The Kier molecular flexibility index (Phi) is 2.49. The first-order valence-corrected chi connectivity index (χ1v) is 3.58. The minimum atomic E-state index is 0.667. The highest BCUT2D eigenvalue weighted by Gasteiger charge is 1.94. The summed E-state index contributed by atoms with van der Waals surface area (Å²) in [5.41, 5.74) is 0.877. The van der Waals surface area contributed by atoms with Gasteiger partial charge in [0, 0.05) is 10.6 Å². The summed E-state index contributed by atoms with van der Waals surface area (Å²) in [6, 6.07) is 7.25. The largest absolute Gasteiger partial charge is 0.291 e. The van der Waals surface area contributed by atoms with Gasteiger partial charge in [-0.05, 0) is 22.9 Å². The molecule has 0 unspecified atom stereocenters. The monoisotopic (exact) mass is 170 g/mol. The number of hydrogen-bond acceptors (Lipinski definition) is 1. The predicted octanol–water partition coefficient (Wildman–Crippen LogP) is 1.79. The van der Waals surface area contributed by atoms with E-state index >= 15 is 0 Å². The van der Waals surface area contributed by atoms with Crippen molar-refractivity contribution in [1.82, 2.24) is 0 Å². The Morgan fingerprint density at radius 3 is 2.82 bits per heavy atom. The van der Waals surface area contributed by atoms with Crippen molar-refractivity contribution in [2.45, 2.75) is 0 Å². The summed E-state index contributed by atoms with van der Waals surface area (Å²) in [6.45, 7) is 0. The van der Waals surface area contributed by atoms with Crippen LogP contribution in [0.15, 0.2) is 24.3 Å². The number of nitrogens with zero attached hydrogens (tertiary/aromatic N) is 1. The lowest BCUT2D eigenvalue weighted by Gasteiger charge is -1.89. The molecular formula is C8H9ClNO+. The van der Waals surface area contributed by atoms with Gasteiger partial charge in [-0.2, -0.15) is 0 Å². The molecule has 1 aromatic carbocycles. The fourth-order valence-electron chi connectivity index (χ4n) is 0.803. The second kappa shape index (κ2) is 3.39. The van der Waals surface area contributed by atoms with Crippen molar-refractivity contribution < 1.29 is 9.95 Å². The molecule has 0 heterocycles. The molecule has 2 nitrogen and oxygen atoms in total. The van der Waals surface area contributed by atoms with E-state index in [-0.39, 0.29) is 0 Å². The summed E-state index contributed by atoms with van der Waals surface area (Å²) in [6.07, 6.45) is 1.58. The molecule has 0 amide bonds. The molecule has 0 spiro atoms. The van der Waals surface area contributed by atoms with Gasteiger partial charge >= 0.3 is 0 Å². The second-order valence-corrected chi connectivity index (χ2v) is 2.69. The fraction of sp³-hybridized carbons (Fsp3) is 0.125. The van der Waals surface area contributed by atoms with Gasteiger partial charge in [0.05, 0.1) is 0 Å². The topological polar surface area (TPSA) is 23.2 Å². The molecule has 1 aromatic rings. The molecule has 11 heavy (non-hydrogen) atoms. The van der Waals surface area contributed by atoms with Crippen molar-refractivity contribution in [1.29, 1.82) is 0 Å². The fourth-order valence-corrected chi connectivity index (χ4v) is 1.00. The van der Waals surface area contributed by atoms with Crippen molar-refractivity contribution >= 4 is 17.8 Å². The van der Waals surface area contributed by atoms with Crippen LogP contribution in [0.5, 0.6) is 0 Å². The van der Waals surface area contributed by atoms with Crippen molar-refractivity contribution in [3.63, 3.8) is 0 Å². The van der Waals surface area contributed by atoms with Crippen LogP contribution in [0.4, 0.5) is 0 Å². The predicted molar refractivity (Wildman–Crippen MR) is 44.6 cm³/mol. The number of rotatable bonds is 1. The molecule has 58 valence electrons. The quantitative estimate of drug-likeness (QED) is 0.295. The number of hydroxylamine groups is 1. The molecule has 0 radical (unpaired) electrons. The molecule has 3 heteroatoms. The zero-order valence-electron chi connectivity index (χ0n) is 6.16. The molecule has 0 aliphatic heterocycles. The summed E-state index contributed by atoms with van der Waals surface area (Å²) in [5, 5.41) is 9.50. The molecule has 0 bridgehead atoms. The Bertz CT molecular complexity index is 279. The SMILES string of the molecule is C/[N+](O)=C/c1cccc(Cl)c1. The highest BCUT2D eigenvalue weighted by molar-refractivity contribution is 6.30. The lowest BCUT2D eigenvalue weighted by Crippen LogP contribution is -2.00. The van der Waals surface area contributed by atoms with Gasteiger partial charge in [-0.1, -0.05) is 17.7 Å². The van der Waals surface area contributed by atoms with Gasteiger partial charge in [0.15, 0.2) is 7.05 Å². The highest BCUT2D eigenvalue weighted by Crippen LogP contribution is 2.08. The Balaban J connectivity index is 2.97. The maximum Gasteiger partial charge on any atom is 0.222 e. The van der Waals surface area contributed by atoms with Gasteiger partial charge < -0.3 is 0 Å². The summed E-state index contributed by atoms with van der Waals surface area (Å²) < 4.78 is 0.992. The summed E-state index contributed by atoms with van der Waals surface area (Å²) in [4.78, 5) is 0. The van der Waals surface area contributed by atoms with E-state index in [0.717, 1.165) is 10.3 Å². The van der Waals surface area contributed by atoms with Crippen LogP contribution >= 0.6 is 11.6 Å². The zero-order valence-corrected chi connectivity index (χ0v) is 6.92. The Morgan fingerprint density at radius 1 is 1.55 bits per heavy atom. The smallest absolute Gasteiger partial charge is 0.222 e. The highest BCUT2D eigenvalue weighted by atomic mass is 35.5. The van der Waals surface area contributed by atoms with Crippen molar-refractivity contribution in [3.05, 3.63) is 34.9 Å².